The van der Waals surface area contributed by atoms with Gasteiger partial charge in [-0.15, -0.1) is 0 Å². The smallest absolute Gasteiger partial charge is 0.150 e. The predicted molar refractivity (Wildman–Crippen MR) is 218 cm³/mol. The molecule has 2 aliphatic heterocycles. The number of hydrogen-bond acceptors (Lipinski definition) is 9. The Kier molecular flexibility index (Phi) is 9.60. The number of rotatable bonds is 4. The Labute approximate surface area is 327 Å². The average Bonchev–Trinajstić information content (AvgIpc) is 3.82. The predicted octanol–water partition coefficient (Wildman–Crippen LogP) is 7.76. The summed E-state index contributed by atoms with van der Waals surface area (Å²) in [6.45, 7) is 5.83. The molecular formula is C44H41F2N11. The SMILES string of the molecule is Cc1cc(-c2cc(F)c3nc(C4CCNCC4)ncc3c2)cc2cn(C)nc12.Cn1cc2cc(-c3cc(F)c4nc(C5CCNCC5)ncc4c3)cc(C#N)c2n1. The van der Waals surface area contributed by atoms with Crippen LogP contribution in [0.2, 0.25) is 0 Å². The highest BCUT2D eigenvalue weighted by molar-refractivity contribution is 5.92. The summed E-state index contributed by atoms with van der Waals surface area (Å²) >= 11 is 0. The first kappa shape index (κ1) is 36.4. The molecule has 2 fully saturated rings. The van der Waals surface area contributed by atoms with Crippen LogP contribution in [0.3, 0.4) is 0 Å². The summed E-state index contributed by atoms with van der Waals surface area (Å²) < 4.78 is 33.5. The van der Waals surface area contributed by atoms with Crippen LogP contribution in [0.4, 0.5) is 8.78 Å². The molecular weight excluding hydrogens is 721 g/mol. The number of halogens is 2. The van der Waals surface area contributed by atoms with Gasteiger partial charge in [-0.05, 0) is 135 Å². The largest absolute Gasteiger partial charge is 0.317 e. The molecule has 0 aliphatic carbocycles. The van der Waals surface area contributed by atoms with Gasteiger partial charge >= 0.3 is 0 Å². The van der Waals surface area contributed by atoms with Crippen LogP contribution >= 0.6 is 0 Å². The monoisotopic (exact) mass is 761 g/mol. The van der Waals surface area contributed by atoms with Crippen molar-refractivity contribution in [1.82, 2.24) is 50.1 Å². The molecule has 11 nitrogen and oxygen atoms in total. The highest BCUT2D eigenvalue weighted by atomic mass is 19.1. The third-order valence-corrected chi connectivity index (χ3v) is 11.1. The number of aromatic nitrogens is 8. The van der Waals surface area contributed by atoms with Gasteiger partial charge in [0.05, 0.1) is 11.1 Å². The van der Waals surface area contributed by atoms with Crippen molar-refractivity contribution >= 4 is 43.6 Å². The summed E-state index contributed by atoms with van der Waals surface area (Å²) in [5, 5.41) is 28.3. The number of nitrogens with one attached hydrogen (secondary N) is 2. The first-order valence-corrected chi connectivity index (χ1v) is 19.4. The van der Waals surface area contributed by atoms with E-state index in [1.54, 1.807) is 33.9 Å². The lowest BCUT2D eigenvalue weighted by Gasteiger charge is -2.21. The minimum Gasteiger partial charge on any atom is -0.317 e. The van der Waals surface area contributed by atoms with E-state index >= 15 is 0 Å². The van der Waals surface area contributed by atoms with E-state index in [4.69, 9.17) is 0 Å². The molecule has 6 heterocycles. The van der Waals surface area contributed by atoms with Crippen LogP contribution in [-0.4, -0.2) is 65.7 Å². The molecule has 2 saturated heterocycles. The van der Waals surface area contributed by atoms with Crippen molar-refractivity contribution in [2.24, 2.45) is 14.1 Å². The molecule has 0 spiro atoms. The topological polar surface area (TPSA) is 135 Å². The fourth-order valence-electron chi connectivity index (χ4n) is 8.22. The second-order valence-electron chi connectivity index (χ2n) is 15.2. The highest BCUT2D eigenvalue weighted by Gasteiger charge is 2.21. The van der Waals surface area contributed by atoms with Crippen molar-refractivity contribution in [2.45, 2.75) is 44.4 Å². The molecule has 4 aromatic heterocycles. The van der Waals surface area contributed by atoms with E-state index in [0.29, 0.717) is 44.8 Å². The van der Waals surface area contributed by atoms with Crippen LogP contribution in [0, 0.1) is 29.9 Å². The summed E-state index contributed by atoms with van der Waals surface area (Å²) in [6.07, 6.45) is 11.2. The molecule has 0 atom stereocenters. The number of piperidine rings is 2. The summed E-state index contributed by atoms with van der Waals surface area (Å²) in [4.78, 5) is 18.2. The quantitative estimate of drug-likeness (QED) is 0.185. The van der Waals surface area contributed by atoms with Crippen molar-refractivity contribution < 1.29 is 8.78 Å². The van der Waals surface area contributed by atoms with Gasteiger partial charge < -0.3 is 10.6 Å². The average molecular weight is 762 g/mol. The number of nitriles is 1. The molecule has 13 heteroatoms. The van der Waals surface area contributed by atoms with Gasteiger partial charge in [-0.25, -0.2) is 28.7 Å². The number of hydrogen-bond donors (Lipinski definition) is 2. The fraction of sp³-hybridized carbons (Fsp3) is 0.295. The fourth-order valence-corrected chi connectivity index (χ4v) is 8.22. The number of fused-ring (bicyclic) bond motifs is 4. The molecule has 286 valence electrons. The van der Waals surface area contributed by atoms with E-state index in [0.717, 1.165) is 102 Å². The third kappa shape index (κ3) is 7.18. The molecule has 0 saturated carbocycles. The van der Waals surface area contributed by atoms with E-state index in [9.17, 15) is 14.0 Å². The van der Waals surface area contributed by atoms with E-state index in [-0.39, 0.29) is 17.6 Å². The Morgan fingerprint density at radius 2 is 1.04 bits per heavy atom. The lowest BCUT2D eigenvalue weighted by molar-refractivity contribution is 0.445. The standard InChI is InChI=1S/C22H19FN6.C22H22FN5/c1-29-12-18-8-14(6-16(10-24)20(18)28-29)15-7-17-11-26-22(13-2-4-25-5-3-13)27-21(17)19(23)9-15;1-13-7-15(9-18-12-28(2)27-20(13)18)16-8-17-11-25-22(14-3-5-24-6-4-14)26-21(17)19(23)10-16/h6-9,11-13,25H,2-5H2,1H3;7-12,14,24H,3-6H2,1-2H3. The van der Waals surface area contributed by atoms with Crippen LogP contribution in [0.25, 0.3) is 65.9 Å². The molecule has 0 unspecified atom stereocenters. The van der Waals surface area contributed by atoms with Gasteiger partial charge in [0.25, 0.3) is 0 Å². The Bertz CT molecular complexity index is 2860. The Hall–Kier alpha value is -6.23. The second-order valence-corrected chi connectivity index (χ2v) is 15.2. The minimum absolute atomic E-state index is 0.269. The summed E-state index contributed by atoms with van der Waals surface area (Å²) in [5.41, 5.74) is 7.19. The zero-order chi connectivity index (χ0) is 39.2. The lowest BCUT2D eigenvalue weighted by atomic mass is 9.96. The molecule has 2 aliphatic rings. The van der Waals surface area contributed by atoms with Gasteiger partial charge in [-0.2, -0.15) is 15.5 Å². The van der Waals surface area contributed by atoms with Crippen LogP contribution in [0.15, 0.2) is 73.3 Å². The Balaban J connectivity index is 0.000000148. The first-order valence-electron chi connectivity index (χ1n) is 19.4. The van der Waals surface area contributed by atoms with Crippen LogP contribution in [-0.2, 0) is 14.1 Å². The maximum absolute atomic E-state index is 15.0. The number of aryl methyl sites for hydroxylation is 3. The molecule has 57 heavy (non-hydrogen) atoms. The highest BCUT2D eigenvalue weighted by Crippen LogP contribution is 2.33. The summed E-state index contributed by atoms with van der Waals surface area (Å²) in [6, 6.07) is 16.9. The lowest BCUT2D eigenvalue weighted by Crippen LogP contribution is -2.27. The van der Waals surface area contributed by atoms with Gasteiger partial charge in [0.1, 0.15) is 45.9 Å². The van der Waals surface area contributed by atoms with Crippen molar-refractivity contribution in [3.8, 4) is 28.3 Å². The van der Waals surface area contributed by atoms with E-state index in [1.807, 2.05) is 51.6 Å². The van der Waals surface area contributed by atoms with Crippen molar-refractivity contribution in [2.75, 3.05) is 26.2 Å². The minimum atomic E-state index is -0.375. The maximum Gasteiger partial charge on any atom is 0.150 e. The molecule has 2 N–H and O–H groups in total. The second kappa shape index (κ2) is 15.0. The maximum atomic E-state index is 15.0. The van der Waals surface area contributed by atoms with Gasteiger partial charge in [-0.3, -0.25) is 9.36 Å². The van der Waals surface area contributed by atoms with Crippen molar-refractivity contribution in [3.05, 3.63) is 108 Å². The van der Waals surface area contributed by atoms with Crippen LogP contribution < -0.4 is 10.6 Å². The van der Waals surface area contributed by atoms with Gasteiger partial charge in [0.15, 0.2) is 0 Å². The Morgan fingerprint density at radius 3 is 1.54 bits per heavy atom. The van der Waals surface area contributed by atoms with E-state index < -0.39 is 0 Å². The summed E-state index contributed by atoms with van der Waals surface area (Å²) in [7, 11) is 3.72. The number of benzene rings is 4. The molecule has 0 amide bonds. The third-order valence-electron chi connectivity index (χ3n) is 11.1. The Morgan fingerprint density at radius 1 is 0.596 bits per heavy atom. The normalized spacial score (nSPS) is 15.3. The van der Waals surface area contributed by atoms with Gasteiger partial charge in [0, 0.05) is 72.3 Å². The zero-order valence-corrected chi connectivity index (χ0v) is 32.0. The van der Waals surface area contributed by atoms with Crippen molar-refractivity contribution in [1.29, 1.82) is 5.26 Å². The molecule has 4 aromatic carbocycles. The van der Waals surface area contributed by atoms with Crippen LogP contribution in [0.5, 0.6) is 0 Å². The summed E-state index contributed by atoms with van der Waals surface area (Å²) in [5.74, 6) is 1.38. The van der Waals surface area contributed by atoms with E-state index in [1.165, 1.54) is 6.07 Å². The van der Waals surface area contributed by atoms with Crippen molar-refractivity contribution in [3.63, 3.8) is 0 Å². The van der Waals surface area contributed by atoms with Crippen LogP contribution in [0.1, 0.15) is 60.3 Å². The molecule has 0 bridgehead atoms. The zero-order valence-electron chi connectivity index (χ0n) is 32.0. The molecule has 8 aromatic rings. The van der Waals surface area contributed by atoms with Gasteiger partial charge in [0.2, 0.25) is 0 Å². The first-order chi connectivity index (χ1) is 27.7. The van der Waals surface area contributed by atoms with Gasteiger partial charge in [-0.1, -0.05) is 0 Å². The number of nitrogens with zero attached hydrogens (tertiary/aromatic N) is 9. The van der Waals surface area contributed by atoms with E-state index in [2.05, 4.69) is 59.0 Å². The molecule has 0 radical (unpaired) electrons. The molecule has 10 rings (SSSR count).